The average molecular weight is 174 g/mol. The van der Waals surface area contributed by atoms with Crippen LogP contribution in [0.15, 0.2) is 0 Å². The number of rotatable bonds is 0. The molecular formula is C2H6CrN2O4. The maximum Gasteiger partial charge on any atom is 0.402 e. The fourth-order valence-electron chi connectivity index (χ4n) is 0. The van der Waals surface area contributed by atoms with E-state index in [2.05, 4.69) is 11.5 Å². The van der Waals surface area contributed by atoms with Gasteiger partial charge in [-0.25, -0.2) is 9.59 Å². The molecule has 0 aliphatic heterocycles. The maximum atomic E-state index is 8.78. The topological polar surface area (TPSA) is 127 Å². The maximum absolute atomic E-state index is 8.78. The van der Waals surface area contributed by atoms with Crippen molar-refractivity contribution in [1.29, 1.82) is 0 Å². The van der Waals surface area contributed by atoms with Gasteiger partial charge in [-0.2, -0.15) is 0 Å². The van der Waals surface area contributed by atoms with Crippen LogP contribution in [-0.2, 0) is 17.4 Å². The van der Waals surface area contributed by atoms with Crippen molar-refractivity contribution in [3.8, 4) is 0 Å². The summed E-state index contributed by atoms with van der Waals surface area (Å²) in [5.41, 5.74) is 8.06. The minimum absolute atomic E-state index is 0. The van der Waals surface area contributed by atoms with Crippen LogP contribution in [0.25, 0.3) is 0 Å². The average Bonchev–Trinajstić information content (AvgIpc) is 1.25. The van der Waals surface area contributed by atoms with Crippen molar-refractivity contribution in [3.05, 3.63) is 0 Å². The molecule has 2 amide bonds. The first-order valence-corrected chi connectivity index (χ1v) is 1.43. The van der Waals surface area contributed by atoms with E-state index in [0.29, 0.717) is 0 Å². The Morgan fingerprint density at radius 2 is 1.00 bits per heavy atom. The first-order chi connectivity index (χ1) is 3.46. The van der Waals surface area contributed by atoms with Crippen molar-refractivity contribution in [2.75, 3.05) is 0 Å². The first-order valence-electron chi connectivity index (χ1n) is 1.43. The fourth-order valence-corrected chi connectivity index (χ4v) is 0. The molecule has 0 aromatic rings. The molecule has 0 saturated heterocycles. The number of carbonyl (C=O) groups is 2. The van der Waals surface area contributed by atoms with Crippen molar-refractivity contribution in [2.45, 2.75) is 0 Å². The largest absolute Gasteiger partial charge is 0.465 e. The summed E-state index contributed by atoms with van der Waals surface area (Å²) in [6.45, 7) is 0. The summed E-state index contributed by atoms with van der Waals surface area (Å²) in [4.78, 5) is 17.6. The van der Waals surface area contributed by atoms with Crippen LogP contribution >= 0.6 is 0 Å². The third kappa shape index (κ3) is 212. The van der Waals surface area contributed by atoms with Crippen LogP contribution in [-0.4, -0.2) is 22.4 Å². The van der Waals surface area contributed by atoms with Crippen molar-refractivity contribution >= 4 is 12.2 Å². The summed E-state index contributed by atoms with van der Waals surface area (Å²) in [6, 6.07) is 0. The SMILES string of the molecule is NC(=O)O.NC(=O)O.[Cr]. The van der Waals surface area contributed by atoms with Crippen LogP contribution < -0.4 is 11.5 Å². The Morgan fingerprint density at radius 3 is 1.00 bits per heavy atom. The Labute approximate surface area is 61.6 Å². The summed E-state index contributed by atoms with van der Waals surface area (Å²) < 4.78 is 0. The summed E-state index contributed by atoms with van der Waals surface area (Å²) in [6.07, 6.45) is -2.67. The van der Waals surface area contributed by atoms with E-state index >= 15 is 0 Å². The van der Waals surface area contributed by atoms with Gasteiger partial charge < -0.3 is 21.7 Å². The molecule has 0 aromatic heterocycles. The molecule has 0 radical (unpaired) electrons. The Balaban J connectivity index is -0.0000000720. The zero-order valence-electron chi connectivity index (χ0n) is 4.27. The van der Waals surface area contributed by atoms with Crippen molar-refractivity contribution in [2.24, 2.45) is 11.5 Å². The molecule has 0 unspecified atom stereocenters. The van der Waals surface area contributed by atoms with Gasteiger partial charge in [0.1, 0.15) is 0 Å². The molecule has 0 aliphatic rings. The van der Waals surface area contributed by atoms with Crippen molar-refractivity contribution in [3.63, 3.8) is 0 Å². The number of carboxylic acid groups (broad SMARTS) is 2. The second kappa shape index (κ2) is 10.1. The Kier molecular flexibility index (Phi) is 17.7. The molecule has 0 aromatic carbocycles. The number of hydrogen-bond donors (Lipinski definition) is 4. The molecule has 0 bridgehead atoms. The molecule has 0 spiro atoms. The molecule has 0 fully saturated rings. The van der Waals surface area contributed by atoms with Crippen LogP contribution in [0.5, 0.6) is 0 Å². The number of nitrogens with two attached hydrogens (primary N) is 2. The monoisotopic (exact) mass is 174 g/mol. The zero-order chi connectivity index (χ0) is 7.15. The van der Waals surface area contributed by atoms with Gasteiger partial charge in [0.2, 0.25) is 0 Å². The molecule has 0 rings (SSSR count). The predicted molar refractivity (Wildman–Crippen MR) is 24.4 cm³/mol. The van der Waals surface area contributed by atoms with Crippen LogP contribution in [0, 0.1) is 0 Å². The summed E-state index contributed by atoms with van der Waals surface area (Å²) in [5.74, 6) is 0. The molecule has 0 saturated carbocycles. The van der Waals surface area contributed by atoms with Crippen LogP contribution in [0.3, 0.4) is 0 Å². The van der Waals surface area contributed by atoms with Gasteiger partial charge in [0.15, 0.2) is 0 Å². The van der Waals surface area contributed by atoms with Gasteiger partial charge in [-0.05, 0) is 0 Å². The second-order valence-corrected chi connectivity index (χ2v) is 0.676. The first kappa shape index (κ1) is 15.7. The van der Waals surface area contributed by atoms with Crippen LogP contribution in [0.2, 0.25) is 0 Å². The van der Waals surface area contributed by atoms with E-state index < -0.39 is 12.2 Å². The molecule has 0 atom stereocenters. The molecule has 6 nitrogen and oxygen atoms in total. The second-order valence-electron chi connectivity index (χ2n) is 0.676. The standard InChI is InChI=1S/2CH3NO2.Cr/c2*2-1(3)4;/h2*2H2,(H,3,4);. The third-order valence-corrected chi connectivity index (χ3v) is 0. The number of hydrogen-bond acceptors (Lipinski definition) is 2. The molecular weight excluding hydrogens is 168 g/mol. The fraction of sp³-hybridized carbons (Fsp3) is 0. The molecule has 0 heterocycles. The minimum atomic E-state index is -1.33. The van der Waals surface area contributed by atoms with E-state index in [9.17, 15) is 0 Å². The molecule has 6 N–H and O–H groups in total. The Bertz CT molecular complexity index is 74.6. The summed E-state index contributed by atoms with van der Waals surface area (Å²) in [5, 5.41) is 14.4. The Hall–Kier alpha value is -0.928. The number of amides is 2. The van der Waals surface area contributed by atoms with Gasteiger partial charge in [-0.15, -0.1) is 0 Å². The summed E-state index contributed by atoms with van der Waals surface area (Å²) >= 11 is 0. The smallest absolute Gasteiger partial charge is 0.402 e. The quantitative estimate of drug-likeness (QED) is 0.385. The minimum Gasteiger partial charge on any atom is -0.465 e. The zero-order valence-corrected chi connectivity index (χ0v) is 5.55. The molecule has 7 heteroatoms. The van der Waals surface area contributed by atoms with Gasteiger partial charge >= 0.3 is 12.2 Å². The van der Waals surface area contributed by atoms with Gasteiger partial charge in [-0.1, -0.05) is 0 Å². The predicted octanol–water partition coefficient (Wildman–Crippen LogP) is -0.756. The van der Waals surface area contributed by atoms with Gasteiger partial charge in [-0.3, -0.25) is 0 Å². The van der Waals surface area contributed by atoms with Crippen molar-refractivity contribution < 1.29 is 37.2 Å². The van der Waals surface area contributed by atoms with Crippen LogP contribution in [0.4, 0.5) is 9.59 Å². The summed E-state index contributed by atoms with van der Waals surface area (Å²) in [7, 11) is 0. The van der Waals surface area contributed by atoms with E-state index in [4.69, 9.17) is 19.8 Å². The molecule has 54 valence electrons. The van der Waals surface area contributed by atoms with E-state index in [1.165, 1.54) is 0 Å². The third-order valence-electron chi connectivity index (χ3n) is 0. The Morgan fingerprint density at radius 1 is 1.00 bits per heavy atom. The van der Waals surface area contributed by atoms with Gasteiger partial charge in [0.25, 0.3) is 0 Å². The normalized spacial score (nSPS) is 5.33. The van der Waals surface area contributed by atoms with Gasteiger partial charge in [0, 0.05) is 17.4 Å². The van der Waals surface area contributed by atoms with E-state index in [1.807, 2.05) is 0 Å². The van der Waals surface area contributed by atoms with E-state index in [1.54, 1.807) is 0 Å². The molecule has 0 aliphatic carbocycles. The van der Waals surface area contributed by atoms with Crippen LogP contribution in [0.1, 0.15) is 0 Å². The van der Waals surface area contributed by atoms with E-state index in [-0.39, 0.29) is 17.4 Å². The van der Waals surface area contributed by atoms with Crippen molar-refractivity contribution in [1.82, 2.24) is 0 Å². The number of primary amides is 2. The van der Waals surface area contributed by atoms with Gasteiger partial charge in [0.05, 0.1) is 0 Å². The molecule has 9 heavy (non-hydrogen) atoms. The van der Waals surface area contributed by atoms with E-state index in [0.717, 1.165) is 0 Å².